The number of thioether (sulfide) groups is 1. The van der Waals surface area contributed by atoms with E-state index in [1.54, 1.807) is 11.8 Å². The first-order chi connectivity index (χ1) is 8.61. The molecule has 5 heteroatoms. The number of hydrogen-bond donors (Lipinski definition) is 1. The number of hydrogen-bond acceptors (Lipinski definition) is 5. The molecule has 0 atom stereocenters. The van der Waals surface area contributed by atoms with Gasteiger partial charge in [-0.25, -0.2) is 0 Å². The van der Waals surface area contributed by atoms with E-state index in [9.17, 15) is 0 Å². The average molecular weight is 279 g/mol. The highest BCUT2D eigenvalue weighted by Crippen LogP contribution is 2.37. The van der Waals surface area contributed by atoms with Crippen molar-refractivity contribution in [1.82, 2.24) is 4.37 Å². The zero-order valence-electron chi connectivity index (χ0n) is 10.8. The minimum absolute atomic E-state index is 0.637. The third kappa shape index (κ3) is 2.79. The Kier molecular flexibility index (Phi) is 4.14. The van der Waals surface area contributed by atoms with Crippen molar-refractivity contribution in [3.63, 3.8) is 0 Å². The standard InChI is InChI=1S/C13H17N3S2/c1-9-4-6-10(7-5-9)8-16(2)13-11(17-3)12(14)15-18-13/h4-7H,8H2,1-3H3,(H2,14,15). The maximum atomic E-state index is 5.85. The first-order valence-corrected chi connectivity index (χ1v) is 7.67. The van der Waals surface area contributed by atoms with Gasteiger partial charge >= 0.3 is 0 Å². The van der Waals surface area contributed by atoms with Crippen LogP contribution in [0.1, 0.15) is 11.1 Å². The Bertz CT molecular complexity index is 520. The third-order valence-corrected chi connectivity index (χ3v) is 4.67. The number of nitrogens with zero attached hydrogens (tertiary/aromatic N) is 2. The van der Waals surface area contributed by atoms with Crippen LogP contribution in [-0.2, 0) is 6.54 Å². The van der Waals surface area contributed by atoms with Crippen molar-refractivity contribution in [2.45, 2.75) is 18.4 Å². The van der Waals surface area contributed by atoms with Gasteiger partial charge in [-0.2, -0.15) is 4.37 Å². The van der Waals surface area contributed by atoms with E-state index < -0.39 is 0 Å². The minimum atomic E-state index is 0.637. The van der Waals surface area contributed by atoms with E-state index in [2.05, 4.69) is 47.5 Å². The van der Waals surface area contributed by atoms with Gasteiger partial charge in [0.15, 0.2) is 5.82 Å². The van der Waals surface area contributed by atoms with Gasteiger partial charge in [0.05, 0.1) is 4.90 Å². The summed E-state index contributed by atoms with van der Waals surface area (Å²) < 4.78 is 4.22. The van der Waals surface area contributed by atoms with E-state index in [1.165, 1.54) is 22.7 Å². The first kappa shape index (κ1) is 13.2. The zero-order chi connectivity index (χ0) is 13.1. The highest BCUT2D eigenvalue weighted by Gasteiger charge is 2.14. The highest BCUT2D eigenvalue weighted by molar-refractivity contribution is 7.99. The highest BCUT2D eigenvalue weighted by atomic mass is 32.2. The van der Waals surface area contributed by atoms with E-state index >= 15 is 0 Å². The van der Waals surface area contributed by atoms with Gasteiger partial charge in [-0.15, -0.1) is 11.8 Å². The molecule has 3 nitrogen and oxygen atoms in total. The zero-order valence-corrected chi connectivity index (χ0v) is 12.4. The molecule has 0 unspecified atom stereocenters. The first-order valence-electron chi connectivity index (χ1n) is 5.67. The van der Waals surface area contributed by atoms with E-state index in [4.69, 9.17) is 5.73 Å². The molecule has 0 saturated heterocycles. The lowest BCUT2D eigenvalue weighted by molar-refractivity contribution is 0.924. The SMILES string of the molecule is CSc1c(N)nsc1N(C)Cc1ccc(C)cc1. The molecular weight excluding hydrogens is 262 g/mol. The molecule has 1 heterocycles. The summed E-state index contributed by atoms with van der Waals surface area (Å²) >= 11 is 3.11. The Hall–Kier alpha value is -1.20. The molecule has 0 bridgehead atoms. The average Bonchev–Trinajstić information content (AvgIpc) is 2.73. The molecule has 0 saturated carbocycles. The molecular formula is C13H17N3S2. The Balaban J connectivity index is 2.16. The van der Waals surface area contributed by atoms with Crippen molar-refractivity contribution in [2.75, 3.05) is 23.9 Å². The maximum absolute atomic E-state index is 5.85. The lowest BCUT2D eigenvalue weighted by atomic mass is 10.1. The molecule has 18 heavy (non-hydrogen) atoms. The van der Waals surface area contributed by atoms with Crippen LogP contribution < -0.4 is 10.6 Å². The van der Waals surface area contributed by atoms with Crippen molar-refractivity contribution in [3.8, 4) is 0 Å². The second-order valence-corrected chi connectivity index (χ2v) is 5.82. The summed E-state index contributed by atoms with van der Waals surface area (Å²) in [5.74, 6) is 0.637. The lowest BCUT2D eigenvalue weighted by Gasteiger charge is -2.18. The van der Waals surface area contributed by atoms with Gasteiger partial charge in [-0.3, -0.25) is 0 Å². The number of benzene rings is 1. The van der Waals surface area contributed by atoms with Crippen molar-refractivity contribution < 1.29 is 0 Å². The number of aryl methyl sites for hydroxylation is 1. The van der Waals surface area contributed by atoms with E-state index in [0.29, 0.717) is 5.82 Å². The van der Waals surface area contributed by atoms with Gasteiger partial charge in [-0.05, 0) is 30.3 Å². The van der Waals surface area contributed by atoms with Gasteiger partial charge in [-0.1, -0.05) is 29.8 Å². The molecule has 96 valence electrons. The molecule has 0 radical (unpaired) electrons. The molecule has 0 aliphatic carbocycles. The number of nitrogens with two attached hydrogens (primary N) is 1. The van der Waals surface area contributed by atoms with Crippen molar-refractivity contribution in [1.29, 1.82) is 0 Å². The van der Waals surface area contributed by atoms with Crippen LogP contribution in [0.3, 0.4) is 0 Å². The van der Waals surface area contributed by atoms with Crippen LogP contribution in [0.2, 0.25) is 0 Å². The van der Waals surface area contributed by atoms with Crippen LogP contribution in [-0.4, -0.2) is 17.7 Å². The van der Waals surface area contributed by atoms with Crippen molar-refractivity contribution >= 4 is 34.1 Å². The molecule has 2 rings (SSSR count). The summed E-state index contributed by atoms with van der Waals surface area (Å²) in [7, 11) is 2.08. The fraction of sp³-hybridized carbons (Fsp3) is 0.308. The van der Waals surface area contributed by atoms with Crippen LogP contribution in [0.25, 0.3) is 0 Å². The quantitative estimate of drug-likeness (QED) is 0.871. The second-order valence-electron chi connectivity index (χ2n) is 4.25. The summed E-state index contributed by atoms with van der Waals surface area (Å²) in [4.78, 5) is 3.28. The van der Waals surface area contributed by atoms with Crippen LogP contribution in [0.5, 0.6) is 0 Å². The van der Waals surface area contributed by atoms with Crippen LogP contribution in [0.15, 0.2) is 29.2 Å². The fourth-order valence-electron chi connectivity index (χ4n) is 1.76. The van der Waals surface area contributed by atoms with Gasteiger partial charge in [0.25, 0.3) is 0 Å². The molecule has 1 aromatic heterocycles. The largest absolute Gasteiger partial charge is 0.382 e. The second kappa shape index (κ2) is 5.63. The molecule has 0 spiro atoms. The normalized spacial score (nSPS) is 10.6. The van der Waals surface area contributed by atoms with E-state index in [-0.39, 0.29) is 0 Å². The molecule has 2 aromatic rings. The number of rotatable bonds is 4. The fourth-order valence-corrected chi connectivity index (χ4v) is 3.43. The Morgan fingerprint density at radius 2 is 2.00 bits per heavy atom. The predicted octanol–water partition coefficient (Wildman–Crippen LogP) is 3.39. The summed E-state index contributed by atoms with van der Waals surface area (Å²) in [5.41, 5.74) is 8.43. The van der Waals surface area contributed by atoms with Crippen LogP contribution in [0, 0.1) is 6.92 Å². The molecule has 1 aromatic carbocycles. The molecule has 0 aliphatic rings. The summed E-state index contributed by atoms with van der Waals surface area (Å²) in [6.07, 6.45) is 2.03. The molecule has 2 N–H and O–H groups in total. The van der Waals surface area contributed by atoms with Crippen molar-refractivity contribution in [2.24, 2.45) is 0 Å². The lowest BCUT2D eigenvalue weighted by Crippen LogP contribution is -2.15. The smallest absolute Gasteiger partial charge is 0.153 e. The van der Waals surface area contributed by atoms with Gasteiger partial charge < -0.3 is 10.6 Å². The number of anilines is 2. The Morgan fingerprint density at radius 3 is 2.61 bits per heavy atom. The number of nitrogen functional groups attached to an aromatic ring is 1. The van der Waals surface area contributed by atoms with E-state index in [1.807, 2.05) is 6.26 Å². The Morgan fingerprint density at radius 1 is 1.33 bits per heavy atom. The number of aromatic nitrogens is 1. The summed E-state index contributed by atoms with van der Waals surface area (Å²) in [6, 6.07) is 8.60. The minimum Gasteiger partial charge on any atom is -0.382 e. The summed E-state index contributed by atoms with van der Waals surface area (Å²) in [5, 5.41) is 1.14. The van der Waals surface area contributed by atoms with Gasteiger partial charge in [0.1, 0.15) is 5.00 Å². The van der Waals surface area contributed by atoms with E-state index in [0.717, 1.165) is 16.4 Å². The maximum Gasteiger partial charge on any atom is 0.153 e. The predicted molar refractivity (Wildman–Crippen MR) is 81.6 cm³/mol. The van der Waals surface area contributed by atoms with Gasteiger partial charge in [0.2, 0.25) is 0 Å². The molecule has 0 aliphatic heterocycles. The Labute approximate surface area is 116 Å². The topological polar surface area (TPSA) is 42.1 Å². The van der Waals surface area contributed by atoms with Crippen molar-refractivity contribution in [3.05, 3.63) is 35.4 Å². The molecule has 0 amide bonds. The third-order valence-electron chi connectivity index (χ3n) is 2.75. The monoisotopic (exact) mass is 279 g/mol. The van der Waals surface area contributed by atoms with Crippen LogP contribution in [0.4, 0.5) is 10.8 Å². The van der Waals surface area contributed by atoms with Crippen LogP contribution >= 0.6 is 23.3 Å². The summed E-state index contributed by atoms with van der Waals surface area (Å²) in [6.45, 7) is 2.97. The van der Waals surface area contributed by atoms with Gasteiger partial charge in [0, 0.05) is 13.6 Å². The molecule has 0 fully saturated rings.